The number of benzene rings is 2. The number of nitrogens with two attached hydrogens (primary N) is 1. The SMILES string of the molecule is CCc1ccc(S(=O)(=O)Nc2ccc(NC(N)=O)cc2)cc1. The number of anilines is 2. The fourth-order valence-corrected chi connectivity index (χ4v) is 2.94. The third-order valence-electron chi connectivity index (χ3n) is 3.05. The Morgan fingerprint density at radius 1 is 1.00 bits per heavy atom. The van der Waals surface area contributed by atoms with Gasteiger partial charge in [-0.25, -0.2) is 13.2 Å². The minimum absolute atomic E-state index is 0.198. The second-order valence-electron chi connectivity index (χ2n) is 4.67. The van der Waals surface area contributed by atoms with Crippen LogP contribution < -0.4 is 15.8 Å². The average Bonchev–Trinajstić information content (AvgIpc) is 2.48. The molecule has 0 aliphatic rings. The number of sulfonamides is 1. The van der Waals surface area contributed by atoms with Gasteiger partial charge in [-0.05, 0) is 48.4 Å². The van der Waals surface area contributed by atoms with Crippen molar-refractivity contribution in [2.45, 2.75) is 18.2 Å². The fourth-order valence-electron chi connectivity index (χ4n) is 1.88. The predicted molar refractivity (Wildman–Crippen MR) is 86.3 cm³/mol. The maximum absolute atomic E-state index is 12.3. The summed E-state index contributed by atoms with van der Waals surface area (Å²) in [5, 5.41) is 2.40. The predicted octanol–water partition coefficient (Wildman–Crippen LogP) is 2.54. The molecule has 22 heavy (non-hydrogen) atoms. The Morgan fingerprint density at radius 3 is 2.05 bits per heavy atom. The highest BCUT2D eigenvalue weighted by Crippen LogP contribution is 2.18. The number of rotatable bonds is 5. The number of primary amides is 1. The summed E-state index contributed by atoms with van der Waals surface area (Å²) in [5.74, 6) is 0. The van der Waals surface area contributed by atoms with E-state index in [0.717, 1.165) is 12.0 Å². The van der Waals surface area contributed by atoms with Gasteiger partial charge in [0.05, 0.1) is 4.90 Å². The number of aryl methyl sites for hydroxylation is 1. The summed E-state index contributed by atoms with van der Waals surface area (Å²) in [5.41, 5.74) is 6.96. The molecule has 0 saturated carbocycles. The van der Waals surface area contributed by atoms with Gasteiger partial charge in [-0.2, -0.15) is 0 Å². The third-order valence-corrected chi connectivity index (χ3v) is 4.44. The molecule has 7 heteroatoms. The Morgan fingerprint density at radius 2 is 1.55 bits per heavy atom. The van der Waals surface area contributed by atoms with E-state index >= 15 is 0 Å². The first kappa shape index (κ1) is 15.8. The summed E-state index contributed by atoms with van der Waals surface area (Å²) in [6, 6.07) is 12.2. The number of amides is 2. The minimum atomic E-state index is -3.64. The van der Waals surface area contributed by atoms with Gasteiger partial charge in [-0.3, -0.25) is 4.72 Å². The Hall–Kier alpha value is -2.54. The van der Waals surface area contributed by atoms with Gasteiger partial charge in [-0.1, -0.05) is 19.1 Å². The number of urea groups is 1. The lowest BCUT2D eigenvalue weighted by molar-refractivity contribution is 0.259. The zero-order chi connectivity index (χ0) is 16.2. The Balaban J connectivity index is 2.15. The molecular weight excluding hydrogens is 302 g/mol. The highest BCUT2D eigenvalue weighted by atomic mass is 32.2. The van der Waals surface area contributed by atoms with Crippen LogP contribution in [0.2, 0.25) is 0 Å². The van der Waals surface area contributed by atoms with Gasteiger partial charge in [0.2, 0.25) is 0 Å². The number of carbonyl (C=O) groups is 1. The molecule has 2 aromatic carbocycles. The molecule has 0 radical (unpaired) electrons. The van der Waals surface area contributed by atoms with Crippen LogP contribution in [0.1, 0.15) is 12.5 Å². The van der Waals surface area contributed by atoms with E-state index in [-0.39, 0.29) is 4.90 Å². The summed E-state index contributed by atoms with van der Waals surface area (Å²) < 4.78 is 27.0. The van der Waals surface area contributed by atoms with Crippen molar-refractivity contribution in [3.8, 4) is 0 Å². The van der Waals surface area contributed by atoms with Crippen LogP contribution in [-0.4, -0.2) is 14.4 Å². The van der Waals surface area contributed by atoms with E-state index in [1.165, 1.54) is 0 Å². The van der Waals surface area contributed by atoms with Crippen LogP contribution in [0.3, 0.4) is 0 Å². The van der Waals surface area contributed by atoms with Crippen LogP contribution in [0, 0.1) is 0 Å². The summed E-state index contributed by atoms with van der Waals surface area (Å²) in [7, 11) is -3.64. The summed E-state index contributed by atoms with van der Waals surface area (Å²) in [4.78, 5) is 10.9. The first-order chi connectivity index (χ1) is 10.4. The smallest absolute Gasteiger partial charge is 0.316 e. The normalized spacial score (nSPS) is 11.0. The molecule has 2 amide bonds. The molecule has 0 atom stereocenters. The van der Waals surface area contributed by atoms with Crippen molar-refractivity contribution in [1.29, 1.82) is 0 Å². The molecule has 4 N–H and O–H groups in total. The molecule has 0 heterocycles. The van der Waals surface area contributed by atoms with E-state index in [2.05, 4.69) is 10.0 Å². The Labute approximate surface area is 129 Å². The molecule has 116 valence electrons. The van der Waals surface area contributed by atoms with Gasteiger partial charge in [-0.15, -0.1) is 0 Å². The molecule has 0 aromatic heterocycles. The summed E-state index contributed by atoms with van der Waals surface area (Å²) in [6.07, 6.45) is 0.849. The van der Waals surface area contributed by atoms with Crippen LogP contribution >= 0.6 is 0 Å². The molecule has 0 saturated heterocycles. The number of hydrogen-bond acceptors (Lipinski definition) is 3. The zero-order valence-electron chi connectivity index (χ0n) is 12.0. The Bertz CT molecular complexity index is 754. The molecule has 2 rings (SSSR count). The van der Waals surface area contributed by atoms with Crippen molar-refractivity contribution >= 4 is 27.4 Å². The van der Waals surface area contributed by atoms with Gasteiger partial charge < -0.3 is 11.1 Å². The van der Waals surface area contributed by atoms with Gasteiger partial charge >= 0.3 is 6.03 Å². The van der Waals surface area contributed by atoms with Crippen molar-refractivity contribution in [3.05, 3.63) is 54.1 Å². The van der Waals surface area contributed by atoms with Crippen LogP contribution in [-0.2, 0) is 16.4 Å². The second kappa shape index (κ2) is 6.48. The molecule has 0 fully saturated rings. The average molecular weight is 319 g/mol. The number of hydrogen-bond donors (Lipinski definition) is 3. The van der Waals surface area contributed by atoms with Crippen LogP contribution in [0.5, 0.6) is 0 Å². The molecule has 0 bridgehead atoms. The summed E-state index contributed by atoms with van der Waals surface area (Å²) >= 11 is 0. The fraction of sp³-hybridized carbons (Fsp3) is 0.133. The van der Waals surface area contributed by atoms with E-state index in [0.29, 0.717) is 11.4 Å². The highest BCUT2D eigenvalue weighted by molar-refractivity contribution is 7.92. The molecule has 0 unspecified atom stereocenters. The zero-order valence-corrected chi connectivity index (χ0v) is 12.9. The molecular formula is C15H17N3O3S. The van der Waals surface area contributed by atoms with E-state index in [4.69, 9.17) is 5.73 Å². The Kier molecular flexibility index (Phi) is 4.67. The molecule has 2 aromatic rings. The highest BCUT2D eigenvalue weighted by Gasteiger charge is 2.13. The third kappa shape index (κ3) is 3.98. The lowest BCUT2D eigenvalue weighted by atomic mass is 10.2. The quantitative estimate of drug-likeness (QED) is 0.789. The van der Waals surface area contributed by atoms with Crippen molar-refractivity contribution in [2.75, 3.05) is 10.0 Å². The van der Waals surface area contributed by atoms with Crippen LogP contribution in [0.25, 0.3) is 0 Å². The second-order valence-corrected chi connectivity index (χ2v) is 6.35. The summed E-state index contributed by atoms with van der Waals surface area (Å²) in [6.45, 7) is 2.00. The van der Waals surface area contributed by atoms with Crippen molar-refractivity contribution < 1.29 is 13.2 Å². The van der Waals surface area contributed by atoms with E-state index in [1.807, 2.05) is 6.92 Å². The maximum atomic E-state index is 12.3. The molecule has 6 nitrogen and oxygen atoms in total. The van der Waals surface area contributed by atoms with Gasteiger partial charge in [0.1, 0.15) is 0 Å². The molecule has 0 aliphatic carbocycles. The number of carbonyl (C=O) groups excluding carboxylic acids is 1. The van der Waals surface area contributed by atoms with E-state index in [9.17, 15) is 13.2 Å². The molecule has 0 aliphatic heterocycles. The van der Waals surface area contributed by atoms with Crippen molar-refractivity contribution in [2.24, 2.45) is 5.73 Å². The van der Waals surface area contributed by atoms with Crippen molar-refractivity contribution in [3.63, 3.8) is 0 Å². The standard InChI is InChI=1S/C15H17N3O3S/c1-2-11-3-9-14(10-4-11)22(20,21)18-13-7-5-12(6-8-13)17-15(16)19/h3-10,18H,2H2,1H3,(H3,16,17,19). The maximum Gasteiger partial charge on any atom is 0.316 e. The van der Waals surface area contributed by atoms with Gasteiger partial charge in [0.15, 0.2) is 0 Å². The van der Waals surface area contributed by atoms with Crippen LogP contribution in [0.15, 0.2) is 53.4 Å². The van der Waals surface area contributed by atoms with Gasteiger partial charge in [0, 0.05) is 11.4 Å². The van der Waals surface area contributed by atoms with Gasteiger partial charge in [0.25, 0.3) is 10.0 Å². The first-order valence-electron chi connectivity index (χ1n) is 6.69. The van der Waals surface area contributed by atoms with E-state index in [1.54, 1.807) is 48.5 Å². The largest absolute Gasteiger partial charge is 0.351 e. The lowest BCUT2D eigenvalue weighted by Crippen LogP contribution is -2.19. The lowest BCUT2D eigenvalue weighted by Gasteiger charge is -2.09. The number of nitrogens with one attached hydrogen (secondary N) is 2. The molecule has 0 spiro atoms. The van der Waals surface area contributed by atoms with E-state index < -0.39 is 16.1 Å². The first-order valence-corrected chi connectivity index (χ1v) is 8.17. The van der Waals surface area contributed by atoms with Crippen LogP contribution in [0.4, 0.5) is 16.2 Å². The minimum Gasteiger partial charge on any atom is -0.351 e. The van der Waals surface area contributed by atoms with Crippen molar-refractivity contribution in [1.82, 2.24) is 0 Å². The monoisotopic (exact) mass is 319 g/mol. The topological polar surface area (TPSA) is 101 Å².